The number of nitrogens with zero attached hydrogens (tertiary/aromatic N) is 2. The van der Waals surface area contributed by atoms with Crippen LogP contribution in [-0.4, -0.2) is 14.9 Å². The van der Waals surface area contributed by atoms with Crippen LogP contribution in [0.3, 0.4) is 0 Å². The minimum Gasteiger partial charge on any atom is -0.492 e. The number of aromatic nitrogens is 2. The average molecular weight is 278 g/mol. The van der Waals surface area contributed by atoms with E-state index in [4.69, 9.17) is 0 Å². The van der Waals surface area contributed by atoms with Gasteiger partial charge in [0.05, 0.1) is 11.3 Å². The first kappa shape index (κ1) is 13.4. The molecule has 2 aromatic carbocycles. The lowest BCUT2D eigenvalue weighted by Gasteiger charge is -2.08. The zero-order chi connectivity index (χ0) is 15.0. The summed E-state index contributed by atoms with van der Waals surface area (Å²) in [6.45, 7) is 4.11. The lowest BCUT2D eigenvalue weighted by molar-refractivity contribution is 0.446. The summed E-state index contributed by atoms with van der Waals surface area (Å²) >= 11 is 0. The lowest BCUT2D eigenvalue weighted by Crippen LogP contribution is -1.94. The number of hydrogen-bond donors (Lipinski definition) is 1. The van der Waals surface area contributed by atoms with Gasteiger partial charge in [-0.05, 0) is 25.5 Å². The Labute approximate surface area is 124 Å². The number of aromatic hydroxyl groups is 1. The molecule has 0 aliphatic heterocycles. The fraction of sp³-hybridized carbons (Fsp3) is 0.167. The van der Waals surface area contributed by atoms with Gasteiger partial charge in [0.2, 0.25) is 5.88 Å². The molecule has 1 N–H and O–H groups in total. The van der Waals surface area contributed by atoms with Crippen molar-refractivity contribution >= 4 is 0 Å². The van der Waals surface area contributed by atoms with E-state index in [9.17, 15) is 5.11 Å². The molecule has 0 radical (unpaired) electrons. The second kappa shape index (κ2) is 5.09. The molecule has 3 heteroatoms. The third-order valence-corrected chi connectivity index (χ3v) is 3.66. The van der Waals surface area contributed by atoms with Gasteiger partial charge in [0.15, 0.2) is 0 Å². The summed E-state index contributed by atoms with van der Waals surface area (Å²) in [6.07, 6.45) is 0. The van der Waals surface area contributed by atoms with E-state index in [-0.39, 0.29) is 5.88 Å². The van der Waals surface area contributed by atoms with E-state index in [0.29, 0.717) is 0 Å². The molecule has 0 saturated carbocycles. The van der Waals surface area contributed by atoms with Crippen LogP contribution in [0.4, 0.5) is 0 Å². The van der Waals surface area contributed by atoms with Crippen LogP contribution in [0.5, 0.6) is 5.88 Å². The first-order valence-electron chi connectivity index (χ1n) is 6.96. The average Bonchev–Trinajstić information content (AvgIpc) is 2.74. The van der Waals surface area contributed by atoms with E-state index >= 15 is 0 Å². The van der Waals surface area contributed by atoms with Gasteiger partial charge in [0, 0.05) is 12.6 Å². The van der Waals surface area contributed by atoms with Crippen molar-refractivity contribution < 1.29 is 5.11 Å². The van der Waals surface area contributed by atoms with Gasteiger partial charge in [-0.2, -0.15) is 0 Å². The zero-order valence-corrected chi connectivity index (χ0v) is 12.5. The molecule has 3 rings (SSSR count). The van der Waals surface area contributed by atoms with Crippen molar-refractivity contribution in [3.05, 3.63) is 59.7 Å². The van der Waals surface area contributed by atoms with E-state index < -0.39 is 0 Å². The Bertz CT molecular complexity index is 785. The van der Waals surface area contributed by atoms with Crippen molar-refractivity contribution in [2.45, 2.75) is 13.8 Å². The molecule has 3 aromatic rings. The molecule has 0 saturated heterocycles. The van der Waals surface area contributed by atoms with Crippen molar-refractivity contribution in [1.82, 2.24) is 9.78 Å². The van der Waals surface area contributed by atoms with E-state index in [2.05, 4.69) is 24.2 Å². The second-order valence-corrected chi connectivity index (χ2v) is 5.41. The first-order chi connectivity index (χ1) is 10.1. The maximum atomic E-state index is 10.2. The Balaban J connectivity index is 2.24. The maximum Gasteiger partial charge on any atom is 0.238 e. The quantitative estimate of drug-likeness (QED) is 0.767. The molecule has 0 fully saturated rings. The summed E-state index contributed by atoms with van der Waals surface area (Å²) in [5, 5.41) is 14.4. The highest BCUT2D eigenvalue weighted by Crippen LogP contribution is 2.38. The Hall–Kier alpha value is -2.55. The van der Waals surface area contributed by atoms with Gasteiger partial charge in [-0.1, -0.05) is 53.6 Å². The minimum atomic E-state index is 0.0675. The number of aryl methyl sites for hydroxylation is 3. The Morgan fingerprint density at radius 2 is 1.62 bits per heavy atom. The molecular weight excluding hydrogens is 260 g/mol. The fourth-order valence-corrected chi connectivity index (χ4v) is 2.62. The largest absolute Gasteiger partial charge is 0.492 e. The topological polar surface area (TPSA) is 38.1 Å². The van der Waals surface area contributed by atoms with Gasteiger partial charge in [0.1, 0.15) is 0 Å². The molecule has 0 atom stereocenters. The van der Waals surface area contributed by atoms with Gasteiger partial charge in [-0.25, -0.2) is 0 Å². The molecule has 1 aromatic heterocycles. The van der Waals surface area contributed by atoms with Crippen LogP contribution < -0.4 is 0 Å². The molecule has 0 spiro atoms. The van der Waals surface area contributed by atoms with Gasteiger partial charge >= 0.3 is 0 Å². The van der Waals surface area contributed by atoms with Crippen LogP contribution >= 0.6 is 0 Å². The lowest BCUT2D eigenvalue weighted by atomic mass is 9.99. The molecular formula is C18H18N2O. The SMILES string of the molecule is Cc1ccc(-c2c(O)nn(C)c2-c2cccc(C)c2)cc1. The monoisotopic (exact) mass is 278 g/mol. The minimum absolute atomic E-state index is 0.0675. The summed E-state index contributed by atoms with van der Waals surface area (Å²) in [4.78, 5) is 0. The summed E-state index contributed by atoms with van der Waals surface area (Å²) in [5.41, 5.74) is 6.12. The smallest absolute Gasteiger partial charge is 0.238 e. The summed E-state index contributed by atoms with van der Waals surface area (Å²) in [7, 11) is 1.86. The first-order valence-corrected chi connectivity index (χ1v) is 6.96. The fourth-order valence-electron chi connectivity index (χ4n) is 2.62. The zero-order valence-electron chi connectivity index (χ0n) is 12.5. The van der Waals surface area contributed by atoms with E-state index in [1.807, 2.05) is 50.4 Å². The summed E-state index contributed by atoms with van der Waals surface area (Å²) in [5.74, 6) is 0.0675. The second-order valence-electron chi connectivity index (χ2n) is 5.41. The van der Waals surface area contributed by atoms with Crippen molar-refractivity contribution in [3.63, 3.8) is 0 Å². The van der Waals surface area contributed by atoms with E-state index in [1.54, 1.807) is 4.68 Å². The molecule has 0 amide bonds. The predicted molar refractivity (Wildman–Crippen MR) is 85.2 cm³/mol. The highest BCUT2D eigenvalue weighted by molar-refractivity contribution is 5.84. The highest BCUT2D eigenvalue weighted by Gasteiger charge is 2.18. The summed E-state index contributed by atoms with van der Waals surface area (Å²) in [6, 6.07) is 16.4. The van der Waals surface area contributed by atoms with Crippen LogP contribution in [0.2, 0.25) is 0 Å². The molecule has 0 aliphatic carbocycles. The van der Waals surface area contributed by atoms with Gasteiger partial charge in [-0.15, -0.1) is 5.10 Å². The molecule has 0 aliphatic rings. The van der Waals surface area contributed by atoms with Crippen LogP contribution in [0.25, 0.3) is 22.4 Å². The standard InChI is InChI=1S/C18H18N2O/c1-12-7-9-14(10-8-12)16-17(20(3)19-18(16)21)15-6-4-5-13(2)11-15/h4-11H,1-3H3,(H,19,21). The number of hydrogen-bond acceptors (Lipinski definition) is 2. The van der Waals surface area contributed by atoms with Crippen molar-refractivity contribution in [2.24, 2.45) is 7.05 Å². The van der Waals surface area contributed by atoms with Crippen molar-refractivity contribution in [1.29, 1.82) is 0 Å². The van der Waals surface area contributed by atoms with Crippen LogP contribution in [0.1, 0.15) is 11.1 Å². The third-order valence-electron chi connectivity index (χ3n) is 3.66. The molecule has 1 heterocycles. The molecule has 106 valence electrons. The molecule has 0 unspecified atom stereocenters. The van der Waals surface area contributed by atoms with Gasteiger partial charge in [0.25, 0.3) is 0 Å². The predicted octanol–water partition coefficient (Wildman–Crippen LogP) is 4.08. The van der Waals surface area contributed by atoms with Crippen molar-refractivity contribution in [3.8, 4) is 28.3 Å². The highest BCUT2D eigenvalue weighted by atomic mass is 16.3. The van der Waals surface area contributed by atoms with Gasteiger partial charge in [-0.3, -0.25) is 4.68 Å². The van der Waals surface area contributed by atoms with Crippen LogP contribution in [0.15, 0.2) is 48.5 Å². The molecule has 0 bridgehead atoms. The van der Waals surface area contributed by atoms with Crippen LogP contribution in [0, 0.1) is 13.8 Å². The van der Waals surface area contributed by atoms with Crippen LogP contribution in [-0.2, 0) is 7.05 Å². The Kier molecular flexibility index (Phi) is 3.26. The number of rotatable bonds is 2. The normalized spacial score (nSPS) is 10.8. The Morgan fingerprint density at radius 3 is 2.29 bits per heavy atom. The van der Waals surface area contributed by atoms with E-state index in [1.165, 1.54) is 11.1 Å². The maximum absolute atomic E-state index is 10.2. The molecule has 3 nitrogen and oxygen atoms in total. The third kappa shape index (κ3) is 2.42. The van der Waals surface area contributed by atoms with E-state index in [0.717, 1.165) is 22.4 Å². The summed E-state index contributed by atoms with van der Waals surface area (Å²) < 4.78 is 1.74. The van der Waals surface area contributed by atoms with Gasteiger partial charge < -0.3 is 5.11 Å². The Morgan fingerprint density at radius 1 is 0.905 bits per heavy atom. The number of benzene rings is 2. The van der Waals surface area contributed by atoms with Crippen molar-refractivity contribution in [2.75, 3.05) is 0 Å². The molecule has 21 heavy (non-hydrogen) atoms.